The second-order valence-electron chi connectivity index (χ2n) is 9.56. The van der Waals surface area contributed by atoms with Crippen LogP contribution in [0.15, 0.2) is 23.5 Å². The van der Waals surface area contributed by atoms with Crippen LogP contribution in [-0.4, -0.2) is 81.1 Å². The van der Waals surface area contributed by atoms with E-state index < -0.39 is 5.60 Å². The van der Waals surface area contributed by atoms with Gasteiger partial charge >= 0.3 is 6.09 Å². The van der Waals surface area contributed by atoms with Gasteiger partial charge in [0.15, 0.2) is 5.82 Å². The number of carbonyl (C=O) groups is 2. The molecule has 3 aliphatic heterocycles. The van der Waals surface area contributed by atoms with Gasteiger partial charge in [0.05, 0.1) is 12.7 Å². The van der Waals surface area contributed by atoms with Gasteiger partial charge in [0.25, 0.3) is 0 Å². The van der Waals surface area contributed by atoms with E-state index in [1.165, 1.54) is 6.20 Å². The predicted octanol–water partition coefficient (Wildman–Crippen LogP) is 1.98. The summed E-state index contributed by atoms with van der Waals surface area (Å²) in [6.07, 6.45) is 4.75. The van der Waals surface area contributed by atoms with Crippen LogP contribution >= 0.6 is 0 Å². The Bertz CT molecular complexity index is 875. The number of amides is 2. The maximum atomic E-state index is 12.5. The predicted molar refractivity (Wildman–Crippen MR) is 113 cm³/mol. The van der Waals surface area contributed by atoms with Crippen LogP contribution in [0.1, 0.15) is 26.6 Å². The van der Waals surface area contributed by atoms with Crippen LogP contribution in [0.3, 0.4) is 0 Å². The summed E-state index contributed by atoms with van der Waals surface area (Å²) in [5, 5.41) is 2.96. The molecule has 3 aliphatic rings. The average Bonchev–Trinajstić information content (AvgIpc) is 3.38. The molecule has 31 heavy (non-hydrogen) atoms. The van der Waals surface area contributed by atoms with Gasteiger partial charge in [-0.2, -0.15) is 0 Å². The van der Waals surface area contributed by atoms with E-state index in [9.17, 15) is 14.5 Å². The monoisotopic (exact) mass is 430 g/mol. The van der Waals surface area contributed by atoms with Crippen molar-refractivity contribution in [1.29, 1.82) is 0 Å². The molecule has 1 aromatic rings. The molecular weight excluding hydrogens is 400 g/mol. The van der Waals surface area contributed by atoms with Crippen LogP contribution in [0, 0.1) is 16.7 Å². The highest BCUT2D eigenvalue weighted by molar-refractivity contribution is 5.87. The van der Waals surface area contributed by atoms with E-state index in [1.54, 1.807) is 15.5 Å². The Morgan fingerprint density at radius 1 is 1.16 bits per heavy atom. The SMILES string of the molecule is CC(C)(C)OC(=O)N1CC2CN(C/C=C/C(=O)N3CCn4c(N=O)cnc4C3)CC2C1. The maximum absolute atomic E-state index is 12.5. The molecular formula is C21H30N6O4. The minimum atomic E-state index is -0.473. The number of likely N-dealkylation sites (tertiary alicyclic amines) is 2. The third-order valence-corrected chi connectivity index (χ3v) is 6.09. The van der Waals surface area contributed by atoms with Crippen LogP contribution in [0.5, 0.6) is 0 Å². The van der Waals surface area contributed by atoms with Crippen molar-refractivity contribution < 1.29 is 14.3 Å². The zero-order valence-corrected chi connectivity index (χ0v) is 18.4. The molecule has 4 heterocycles. The highest BCUT2D eigenvalue weighted by Gasteiger charge is 2.42. The van der Waals surface area contributed by atoms with Gasteiger partial charge in [-0.25, -0.2) is 9.78 Å². The molecule has 4 rings (SSSR count). The summed E-state index contributed by atoms with van der Waals surface area (Å²) in [7, 11) is 0. The zero-order valence-electron chi connectivity index (χ0n) is 18.4. The fraction of sp³-hybridized carbons (Fsp3) is 0.667. The van der Waals surface area contributed by atoms with Crippen molar-refractivity contribution in [1.82, 2.24) is 24.3 Å². The lowest BCUT2D eigenvalue weighted by Crippen LogP contribution is -2.38. The normalized spacial score (nSPS) is 23.8. The third kappa shape index (κ3) is 4.79. The van der Waals surface area contributed by atoms with Crippen LogP contribution in [0.4, 0.5) is 10.6 Å². The van der Waals surface area contributed by atoms with Crippen molar-refractivity contribution in [3.05, 3.63) is 29.1 Å². The van der Waals surface area contributed by atoms with Gasteiger partial charge in [0.2, 0.25) is 5.91 Å². The quantitative estimate of drug-likeness (QED) is 0.535. The van der Waals surface area contributed by atoms with Crippen molar-refractivity contribution in [2.75, 3.05) is 39.3 Å². The van der Waals surface area contributed by atoms with Gasteiger partial charge in [-0.1, -0.05) is 6.08 Å². The molecule has 0 bridgehead atoms. The van der Waals surface area contributed by atoms with Crippen molar-refractivity contribution in [3.8, 4) is 0 Å². The third-order valence-electron chi connectivity index (χ3n) is 6.09. The van der Waals surface area contributed by atoms with Crippen LogP contribution in [0.2, 0.25) is 0 Å². The molecule has 1 aromatic heterocycles. The van der Waals surface area contributed by atoms with Crippen molar-refractivity contribution in [3.63, 3.8) is 0 Å². The number of hydrogen-bond acceptors (Lipinski definition) is 7. The number of nitrogens with zero attached hydrogens (tertiary/aromatic N) is 6. The van der Waals surface area contributed by atoms with E-state index in [-0.39, 0.29) is 12.0 Å². The molecule has 2 fully saturated rings. The molecule has 10 nitrogen and oxygen atoms in total. The Morgan fingerprint density at radius 2 is 1.87 bits per heavy atom. The number of nitroso groups, excluding NO2 is 1. The molecule has 168 valence electrons. The van der Waals surface area contributed by atoms with Gasteiger partial charge in [-0.3, -0.25) is 9.69 Å². The van der Waals surface area contributed by atoms with Crippen LogP contribution in [0.25, 0.3) is 0 Å². The number of hydrogen-bond donors (Lipinski definition) is 0. The lowest BCUT2D eigenvalue weighted by molar-refractivity contribution is -0.127. The second kappa shape index (κ2) is 8.41. The molecule has 0 spiro atoms. The molecule has 0 N–H and O–H groups in total. The summed E-state index contributed by atoms with van der Waals surface area (Å²) in [6.45, 7) is 11.1. The molecule has 2 amide bonds. The second-order valence-corrected chi connectivity index (χ2v) is 9.56. The van der Waals surface area contributed by atoms with Gasteiger partial charge in [-0.15, -0.1) is 4.91 Å². The van der Waals surface area contributed by atoms with E-state index in [2.05, 4.69) is 15.1 Å². The number of imidazole rings is 1. The Hall–Kier alpha value is -2.75. The summed E-state index contributed by atoms with van der Waals surface area (Å²) in [4.78, 5) is 45.6. The molecule has 2 unspecified atom stereocenters. The molecule has 0 radical (unpaired) electrons. The van der Waals surface area contributed by atoms with Gasteiger partial charge in [0, 0.05) is 51.9 Å². The van der Waals surface area contributed by atoms with Crippen molar-refractivity contribution >= 4 is 17.8 Å². The highest BCUT2D eigenvalue weighted by Crippen LogP contribution is 2.31. The van der Waals surface area contributed by atoms with E-state index >= 15 is 0 Å². The first-order valence-corrected chi connectivity index (χ1v) is 10.8. The first-order chi connectivity index (χ1) is 14.7. The van der Waals surface area contributed by atoms with Gasteiger partial charge in [0.1, 0.15) is 11.4 Å². The van der Waals surface area contributed by atoms with E-state index in [1.807, 2.05) is 31.7 Å². The molecule has 0 saturated carbocycles. The number of ether oxygens (including phenoxy) is 1. The molecule has 0 aliphatic carbocycles. The van der Waals surface area contributed by atoms with Crippen LogP contribution < -0.4 is 0 Å². The minimum absolute atomic E-state index is 0.0506. The molecule has 2 atom stereocenters. The lowest BCUT2D eigenvalue weighted by Gasteiger charge is -2.27. The standard InChI is InChI=1S/C21H30N6O4/c1-21(2,3)31-20(29)26-12-15-10-24(11-16(15)13-26)6-4-5-19(28)25-7-8-27-17(23-30)9-22-18(27)14-25/h4-5,9,15-16H,6-8,10-14H2,1-3H3/b5-4+. The van der Waals surface area contributed by atoms with Gasteiger partial charge < -0.3 is 19.1 Å². The van der Waals surface area contributed by atoms with Crippen molar-refractivity contribution in [2.45, 2.75) is 39.5 Å². The Morgan fingerprint density at radius 3 is 2.52 bits per heavy atom. The Kier molecular flexibility index (Phi) is 5.83. The fourth-order valence-electron chi connectivity index (χ4n) is 4.63. The number of rotatable bonds is 4. The van der Waals surface area contributed by atoms with Gasteiger partial charge in [-0.05, 0) is 37.8 Å². The van der Waals surface area contributed by atoms with E-state index in [4.69, 9.17) is 4.74 Å². The average molecular weight is 431 g/mol. The van der Waals surface area contributed by atoms with Crippen LogP contribution in [-0.2, 0) is 22.6 Å². The Balaban J connectivity index is 1.22. The summed E-state index contributed by atoms with van der Waals surface area (Å²) in [5.74, 6) is 1.86. The number of aromatic nitrogens is 2. The maximum Gasteiger partial charge on any atom is 0.410 e. The zero-order chi connectivity index (χ0) is 22.2. The summed E-state index contributed by atoms with van der Waals surface area (Å²) < 4.78 is 7.24. The first-order valence-electron chi connectivity index (χ1n) is 10.8. The minimum Gasteiger partial charge on any atom is -0.444 e. The Labute approximate surface area is 181 Å². The van der Waals surface area contributed by atoms with E-state index in [0.29, 0.717) is 49.7 Å². The molecule has 2 saturated heterocycles. The van der Waals surface area contributed by atoms with Crippen molar-refractivity contribution in [2.24, 2.45) is 17.0 Å². The smallest absolute Gasteiger partial charge is 0.410 e. The highest BCUT2D eigenvalue weighted by atomic mass is 16.6. The number of fused-ring (bicyclic) bond motifs is 2. The summed E-state index contributed by atoms with van der Waals surface area (Å²) in [5.41, 5.74) is -0.473. The largest absolute Gasteiger partial charge is 0.444 e. The molecule has 10 heteroatoms. The number of carbonyl (C=O) groups excluding carboxylic acids is 2. The summed E-state index contributed by atoms with van der Waals surface area (Å²) >= 11 is 0. The lowest BCUT2D eigenvalue weighted by atomic mass is 10.0. The first kappa shape index (κ1) is 21.5. The fourth-order valence-corrected chi connectivity index (χ4v) is 4.63. The summed E-state index contributed by atoms with van der Waals surface area (Å²) in [6, 6.07) is 0. The molecule has 0 aromatic carbocycles. The topological polar surface area (TPSA) is 100 Å². The van der Waals surface area contributed by atoms with E-state index in [0.717, 1.165) is 26.2 Å².